The molecule has 2 aromatic rings. The van der Waals surface area contributed by atoms with E-state index in [1.54, 1.807) is 49.4 Å². The Kier molecular flexibility index (Phi) is 8.48. The maximum Gasteiger partial charge on any atom is 0.339 e. The maximum atomic E-state index is 13.8. The molecule has 2 aromatic carbocycles. The van der Waals surface area contributed by atoms with E-state index in [0.29, 0.717) is 28.3 Å². The second-order valence-electron chi connectivity index (χ2n) is 5.68. The number of thioether (sulfide) groups is 1. The zero-order valence-corrected chi connectivity index (χ0v) is 16.2. The summed E-state index contributed by atoms with van der Waals surface area (Å²) < 4.78 is 18.8. The van der Waals surface area contributed by atoms with Crippen molar-refractivity contribution in [3.63, 3.8) is 0 Å². The van der Waals surface area contributed by atoms with Crippen LogP contribution in [-0.4, -0.2) is 37.5 Å². The highest BCUT2D eigenvalue weighted by Gasteiger charge is 2.15. The fraction of sp³-hybridized carbons (Fsp3) is 0.250. The van der Waals surface area contributed by atoms with Crippen molar-refractivity contribution in [3.05, 3.63) is 65.5 Å². The number of amides is 2. The molecule has 0 heterocycles. The van der Waals surface area contributed by atoms with Crippen LogP contribution >= 0.6 is 11.8 Å². The molecule has 0 unspecified atom stereocenters. The monoisotopic (exact) mass is 404 g/mol. The third kappa shape index (κ3) is 6.70. The van der Waals surface area contributed by atoms with E-state index in [2.05, 4.69) is 10.6 Å². The van der Waals surface area contributed by atoms with Crippen LogP contribution in [0.4, 0.5) is 4.39 Å². The normalized spacial score (nSPS) is 10.2. The number of esters is 1. The highest BCUT2D eigenvalue weighted by atomic mass is 32.2. The van der Waals surface area contributed by atoms with Crippen LogP contribution in [0.3, 0.4) is 0 Å². The van der Waals surface area contributed by atoms with E-state index >= 15 is 0 Å². The number of rotatable bonds is 9. The molecule has 0 bridgehead atoms. The molecule has 0 aliphatic heterocycles. The van der Waals surface area contributed by atoms with Crippen LogP contribution < -0.4 is 10.6 Å². The van der Waals surface area contributed by atoms with Gasteiger partial charge in [-0.15, -0.1) is 11.8 Å². The number of ether oxygens (including phenoxy) is 1. The van der Waals surface area contributed by atoms with E-state index in [9.17, 15) is 18.8 Å². The van der Waals surface area contributed by atoms with Crippen LogP contribution in [0.1, 0.15) is 22.8 Å². The summed E-state index contributed by atoms with van der Waals surface area (Å²) in [6, 6.07) is 13.2. The fourth-order valence-corrected chi connectivity index (χ4v) is 3.26. The van der Waals surface area contributed by atoms with E-state index in [-0.39, 0.29) is 18.3 Å². The molecule has 8 heteroatoms. The van der Waals surface area contributed by atoms with Crippen molar-refractivity contribution >= 4 is 29.5 Å². The Bertz CT molecular complexity index is 844. The van der Waals surface area contributed by atoms with Crippen molar-refractivity contribution in [2.24, 2.45) is 0 Å². The first-order chi connectivity index (χ1) is 13.5. The Labute approximate surface area is 166 Å². The van der Waals surface area contributed by atoms with Crippen molar-refractivity contribution in [1.29, 1.82) is 0 Å². The fourth-order valence-electron chi connectivity index (χ4n) is 2.23. The summed E-state index contributed by atoms with van der Waals surface area (Å²) in [4.78, 5) is 36.0. The molecule has 148 valence electrons. The first-order valence-corrected chi connectivity index (χ1v) is 9.65. The highest BCUT2D eigenvalue weighted by molar-refractivity contribution is 7.98. The largest absolute Gasteiger partial charge is 0.452 e. The van der Waals surface area contributed by atoms with E-state index in [0.717, 1.165) is 0 Å². The van der Waals surface area contributed by atoms with E-state index in [1.165, 1.54) is 17.8 Å². The molecule has 0 aliphatic carbocycles. The van der Waals surface area contributed by atoms with Gasteiger partial charge in [0, 0.05) is 17.2 Å². The summed E-state index contributed by atoms with van der Waals surface area (Å²) in [6.45, 7) is 1.55. The second-order valence-corrected chi connectivity index (χ2v) is 6.70. The van der Waals surface area contributed by atoms with Gasteiger partial charge >= 0.3 is 5.97 Å². The molecule has 2 rings (SSSR count). The van der Waals surface area contributed by atoms with Crippen LogP contribution in [0, 0.1) is 5.82 Å². The summed E-state index contributed by atoms with van der Waals surface area (Å²) in [5.74, 6) is -1.51. The summed E-state index contributed by atoms with van der Waals surface area (Å²) in [7, 11) is 0. The van der Waals surface area contributed by atoms with Crippen LogP contribution in [0.15, 0.2) is 53.4 Å². The molecule has 0 spiro atoms. The molecular formula is C20H21FN2O4S. The zero-order chi connectivity index (χ0) is 20.4. The van der Waals surface area contributed by atoms with Crippen molar-refractivity contribution < 1.29 is 23.5 Å². The lowest BCUT2D eigenvalue weighted by atomic mass is 10.2. The molecular weight excluding hydrogens is 383 g/mol. The molecule has 0 fully saturated rings. The Hall–Kier alpha value is -2.87. The minimum atomic E-state index is -0.662. The Balaban J connectivity index is 1.90. The number of hydrogen-bond donors (Lipinski definition) is 2. The smallest absolute Gasteiger partial charge is 0.339 e. The number of benzene rings is 2. The number of likely N-dealkylation sites (N-methyl/N-ethyl adjacent to an activating group) is 1. The molecule has 28 heavy (non-hydrogen) atoms. The lowest BCUT2D eigenvalue weighted by Gasteiger charge is -2.10. The van der Waals surface area contributed by atoms with E-state index in [4.69, 9.17) is 4.74 Å². The highest BCUT2D eigenvalue weighted by Crippen LogP contribution is 2.27. The van der Waals surface area contributed by atoms with Crippen molar-refractivity contribution in [1.82, 2.24) is 10.6 Å². The zero-order valence-electron chi connectivity index (χ0n) is 15.4. The van der Waals surface area contributed by atoms with Gasteiger partial charge in [-0.2, -0.15) is 0 Å². The number of carbonyl (C=O) groups excluding carboxylic acids is 3. The molecule has 6 nitrogen and oxygen atoms in total. The standard InChI is InChI=1S/C20H21FN2O4S/c1-2-22-18(24)11-23-19(25)12-27-20(26)15-8-4-6-10-17(15)28-13-14-7-3-5-9-16(14)21/h3-10H,2,11-13H2,1H3,(H,22,24)(H,23,25). The quantitative estimate of drug-likeness (QED) is 0.496. The van der Waals surface area contributed by atoms with Gasteiger partial charge in [0.15, 0.2) is 6.61 Å². The van der Waals surface area contributed by atoms with Crippen molar-refractivity contribution in [3.8, 4) is 0 Å². The second kappa shape index (κ2) is 11.1. The summed E-state index contributed by atoms with van der Waals surface area (Å²) in [6.07, 6.45) is 0. The van der Waals surface area contributed by atoms with Gasteiger partial charge in [-0.1, -0.05) is 30.3 Å². The molecule has 0 radical (unpaired) electrons. The molecule has 0 aromatic heterocycles. The first kappa shape index (κ1) is 21.4. The van der Waals surface area contributed by atoms with Gasteiger partial charge in [-0.3, -0.25) is 9.59 Å². The number of hydrogen-bond acceptors (Lipinski definition) is 5. The van der Waals surface area contributed by atoms with Gasteiger partial charge in [0.1, 0.15) is 5.82 Å². The van der Waals surface area contributed by atoms with Crippen molar-refractivity contribution in [2.75, 3.05) is 19.7 Å². The predicted molar refractivity (Wildman–Crippen MR) is 104 cm³/mol. The average Bonchev–Trinajstić information content (AvgIpc) is 2.70. The van der Waals surface area contributed by atoms with Crippen LogP contribution in [0.2, 0.25) is 0 Å². The number of carbonyl (C=O) groups is 3. The molecule has 2 N–H and O–H groups in total. The minimum absolute atomic E-state index is 0.181. The SMILES string of the molecule is CCNC(=O)CNC(=O)COC(=O)c1ccccc1SCc1ccccc1F. The lowest BCUT2D eigenvalue weighted by Crippen LogP contribution is -2.38. The summed E-state index contributed by atoms with van der Waals surface area (Å²) in [5.41, 5.74) is 0.820. The van der Waals surface area contributed by atoms with Gasteiger partial charge in [0.05, 0.1) is 12.1 Å². The molecule has 2 amide bonds. The lowest BCUT2D eigenvalue weighted by molar-refractivity contribution is -0.127. The van der Waals surface area contributed by atoms with Gasteiger partial charge in [-0.05, 0) is 30.7 Å². The molecule has 0 atom stereocenters. The third-order valence-corrected chi connectivity index (χ3v) is 4.72. The summed E-state index contributed by atoms with van der Waals surface area (Å²) >= 11 is 1.30. The van der Waals surface area contributed by atoms with E-state index < -0.39 is 18.5 Å². The van der Waals surface area contributed by atoms with E-state index in [1.807, 2.05) is 0 Å². The maximum absolute atomic E-state index is 13.8. The molecule has 0 saturated heterocycles. The topological polar surface area (TPSA) is 84.5 Å². The van der Waals surface area contributed by atoms with Crippen LogP contribution in [-0.2, 0) is 20.1 Å². The van der Waals surface area contributed by atoms with Crippen molar-refractivity contribution in [2.45, 2.75) is 17.6 Å². The Morgan fingerprint density at radius 1 is 1.00 bits per heavy atom. The third-order valence-electron chi connectivity index (χ3n) is 3.60. The molecule has 0 aliphatic rings. The van der Waals surface area contributed by atoms with Gasteiger partial charge < -0.3 is 15.4 Å². The van der Waals surface area contributed by atoms with Crippen LogP contribution in [0.25, 0.3) is 0 Å². The first-order valence-electron chi connectivity index (χ1n) is 8.67. The van der Waals surface area contributed by atoms with Gasteiger partial charge in [0.25, 0.3) is 5.91 Å². The predicted octanol–water partition coefficient (Wildman–Crippen LogP) is 2.53. The Morgan fingerprint density at radius 3 is 2.46 bits per heavy atom. The van der Waals surface area contributed by atoms with Gasteiger partial charge in [0.2, 0.25) is 5.91 Å². The summed E-state index contributed by atoms with van der Waals surface area (Å²) in [5, 5.41) is 4.91. The van der Waals surface area contributed by atoms with Crippen LogP contribution in [0.5, 0.6) is 0 Å². The Morgan fingerprint density at radius 2 is 1.71 bits per heavy atom. The minimum Gasteiger partial charge on any atom is -0.452 e. The molecule has 0 saturated carbocycles. The average molecular weight is 404 g/mol. The number of nitrogens with one attached hydrogen (secondary N) is 2. The van der Waals surface area contributed by atoms with Gasteiger partial charge in [-0.25, -0.2) is 9.18 Å². The number of halogens is 1.